The number of carbonyl (C=O) groups excluding carboxylic acids is 2. The third kappa shape index (κ3) is 7.07. The number of hydrogen-bond acceptors (Lipinski definition) is 4. The number of likely N-dealkylation sites (tertiary alicyclic amines) is 1. The van der Waals surface area contributed by atoms with Crippen molar-refractivity contribution < 1.29 is 14.3 Å². The Morgan fingerprint density at radius 3 is 2.62 bits per heavy atom. The van der Waals surface area contributed by atoms with E-state index in [1.807, 2.05) is 31.2 Å². The minimum absolute atomic E-state index is 0.0351. The van der Waals surface area contributed by atoms with Crippen LogP contribution in [0.2, 0.25) is 0 Å². The van der Waals surface area contributed by atoms with Crippen molar-refractivity contribution >= 4 is 17.8 Å². The Morgan fingerprint density at radius 1 is 1.21 bits per heavy atom. The molecule has 7 nitrogen and oxygen atoms in total. The molecule has 0 aromatic heterocycles. The molecule has 0 radical (unpaired) electrons. The van der Waals surface area contributed by atoms with E-state index in [9.17, 15) is 9.59 Å². The Morgan fingerprint density at radius 2 is 1.97 bits per heavy atom. The maximum atomic E-state index is 12.1. The molecule has 0 saturated carbocycles. The number of unbranched alkanes of at least 4 members (excludes halogenated alkanes) is 1. The van der Waals surface area contributed by atoms with Gasteiger partial charge in [0.15, 0.2) is 5.96 Å². The zero-order valence-electron chi connectivity index (χ0n) is 17.9. The van der Waals surface area contributed by atoms with Crippen molar-refractivity contribution in [2.75, 3.05) is 33.3 Å². The summed E-state index contributed by atoms with van der Waals surface area (Å²) in [6.45, 7) is 7.14. The number of aliphatic imine (C=N–C) groups is 1. The molecular weight excluding hydrogens is 368 g/mol. The second-order valence-electron chi connectivity index (χ2n) is 7.24. The first kappa shape index (κ1) is 22.7. The van der Waals surface area contributed by atoms with Crippen LogP contribution >= 0.6 is 0 Å². The van der Waals surface area contributed by atoms with Crippen LogP contribution in [-0.2, 0) is 16.1 Å². The molecule has 7 heteroatoms. The summed E-state index contributed by atoms with van der Waals surface area (Å²) < 4.78 is 5.18. The maximum Gasteiger partial charge on any atom is 0.310 e. The fourth-order valence-corrected chi connectivity index (χ4v) is 3.39. The molecule has 1 aliphatic heterocycles. The molecule has 1 aliphatic rings. The lowest BCUT2D eigenvalue weighted by Crippen LogP contribution is -2.48. The van der Waals surface area contributed by atoms with Gasteiger partial charge in [-0.1, -0.05) is 25.5 Å². The van der Waals surface area contributed by atoms with Crippen LogP contribution in [0.3, 0.4) is 0 Å². The number of hydrogen-bond donors (Lipinski definition) is 2. The number of benzene rings is 1. The molecule has 0 aliphatic carbocycles. The normalized spacial score (nSPS) is 17.0. The number of piperidine rings is 1. The lowest BCUT2D eigenvalue weighted by atomic mass is 9.98. The first-order chi connectivity index (χ1) is 14.1. The third-order valence-corrected chi connectivity index (χ3v) is 5.04. The molecule has 1 saturated heterocycles. The Kier molecular flexibility index (Phi) is 9.47. The Balaban J connectivity index is 1.87. The molecule has 160 valence electrons. The van der Waals surface area contributed by atoms with Crippen LogP contribution in [-0.4, -0.2) is 56.0 Å². The van der Waals surface area contributed by atoms with Crippen molar-refractivity contribution in [3.8, 4) is 0 Å². The van der Waals surface area contributed by atoms with Gasteiger partial charge in [0.1, 0.15) is 0 Å². The highest BCUT2D eigenvalue weighted by Crippen LogP contribution is 2.18. The van der Waals surface area contributed by atoms with Gasteiger partial charge in [-0.05, 0) is 43.9 Å². The average molecular weight is 403 g/mol. The van der Waals surface area contributed by atoms with Crippen LogP contribution in [0.1, 0.15) is 55.5 Å². The van der Waals surface area contributed by atoms with Crippen molar-refractivity contribution in [1.29, 1.82) is 0 Å². The second kappa shape index (κ2) is 12.1. The van der Waals surface area contributed by atoms with Crippen LogP contribution in [0, 0.1) is 5.92 Å². The Bertz CT molecular complexity index is 688. The number of carbonyl (C=O) groups is 2. The molecule has 2 rings (SSSR count). The second-order valence-corrected chi connectivity index (χ2v) is 7.24. The summed E-state index contributed by atoms with van der Waals surface area (Å²) in [4.78, 5) is 30.6. The molecule has 1 aromatic carbocycles. The molecular formula is C22H34N4O3. The highest BCUT2D eigenvalue weighted by atomic mass is 16.5. The number of nitrogens with zero attached hydrogens (tertiary/aromatic N) is 2. The van der Waals surface area contributed by atoms with E-state index in [4.69, 9.17) is 4.74 Å². The van der Waals surface area contributed by atoms with Gasteiger partial charge in [0, 0.05) is 38.8 Å². The number of nitrogens with one attached hydrogen (secondary N) is 2. The number of rotatable bonds is 8. The minimum Gasteiger partial charge on any atom is -0.466 e. The molecule has 2 N–H and O–H groups in total. The largest absolute Gasteiger partial charge is 0.466 e. The van der Waals surface area contributed by atoms with Gasteiger partial charge in [-0.2, -0.15) is 0 Å². The number of esters is 1. The van der Waals surface area contributed by atoms with Crippen molar-refractivity contribution in [3.63, 3.8) is 0 Å². The van der Waals surface area contributed by atoms with Crippen molar-refractivity contribution in [2.24, 2.45) is 10.9 Å². The number of guanidine groups is 1. The highest BCUT2D eigenvalue weighted by molar-refractivity contribution is 5.94. The summed E-state index contributed by atoms with van der Waals surface area (Å²) in [7, 11) is 1.75. The van der Waals surface area contributed by atoms with Crippen LogP contribution in [0.4, 0.5) is 0 Å². The zero-order valence-corrected chi connectivity index (χ0v) is 17.9. The summed E-state index contributed by atoms with van der Waals surface area (Å²) in [6.07, 6.45) is 3.84. The quantitative estimate of drug-likeness (QED) is 0.302. The smallest absolute Gasteiger partial charge is 0.310 e. The molecule has 1 aromatic rings. The molecule has 0 spiro atoms. The lowest BCUT2D eigenvalue weighted by molar-refractivity contribution is -0.149. The minimum atomic E-state index is -0.125. The standard InChI is InChI=1S/C22H34N4O3/c1-4-6-13-24-20(27)18-11-9-17(10-12-18)15-25-22(23-3)26-14-7-8-19(16-26)21(28)29-5-2/h9-12,19H,4-8,13-16H2,1-3H3,(H,23,25)(H,24,27). The summed E-state index contributed by atoms with van der Waals surface area (Å²) in [5, 5.41) is 6.29. The molecule has 1 fully saturated rings. The number of ether oxygens (including phenoxy) is 1. The SMILES string of the molecule is CCCCNC(=O)c1ccc(CNC(=NC)N2CCCC(C(=O)OCC)C2)cc1. The van der Waals surface area contributed by atoms with Gasteiger partial charge in [0.25, 0.3) is 5.91 Å². The van der Waals surface area contributed by atoms with E-state index in [0.717, 1.165) is 43.8 Å². The Labute approximate surface area is 173 Å². The van der Waals surface area contributed by atoms with Crippen molar-refractivity contribution in [3.05, 3.63) is 35.4 Å². The van der Waals surface area contributed by atoms with Crippen LogP contribution in [0.25, 0.3) is 0 Å². The maximum absolute atomic E-state index is 12.1. The van der Waals surface area contributed by atoms with E-state index in [2.05, 4.69) is 27.4 Å². The highest BCUT2D eigenvalue weighted by Gasteiger charge is 2.28. The summed E-state index contributed by atoms with van der Waals surface area (Å²) in [5.74, 6) is 0.515. The molecule has 1 heterocycles. The van der Waals surface area contributed by atoms with Crippen LogP contribution in [0.15, 0.2) is 29.3 Å². The van der Waals surface area contributed by atoms with Crippen LogP contribution in [0.5, 0.6) is 0 Å². The average Bonchev–Trinajstić information content (AvgIpc) is 2.75. The van der Waals surface area contributed by atoms with E-state index in [1.165, 1.54) is 0 Å². The van der Waals surface area contributed by atoms with Gasteiger partial charge >= 0.3 is 5.97 Å². The van der Waals surface area contributed by atoms with Gasteiger partial charge in [-0.15, -0.1) is 0 Å². The van der Waals surface area contributed by atoms with Gasteiger partial charge < -0.3 is 20.3 Å². The topological polar surface area (TPSA) is 83.0 Å². The summed E-state index contributed by atoms with van der Waals surface area (Å²) >= 11 is 0. The molecule has 1 amide bonds. The predicted molar refractivity (Wildman–Crippen MR) is 115 cm³/mol. The lowest BCUT2D eigenvalue weighted by Gasteiger charge is -2.34. The molecule has 1 atom stereocenters. The molecule has 29 heavy (non-hydrogen) atoms. The van der Waals surface area contributed by atoms with Gasteiger partial charge in [-0.25, -0.2) is 0 Å². The van der Waals surface area contributed by atoms with E-state index in [0.29, 0.717) is 31.8 Å². The first-order valence-corrected chi connectivity index (χ1v) is 10.6. The van der Waals surface area contributed by atoms with Crippen LogP contribution < -0.4 is 10.6 Å². The monoisotopic (exact) mass is 402 g/mol. The summed E-state index contributed by atoms with van der Waals surface area (Å²) in [6, 6.07) is 7.59. The third-order valence-electron chi connectivity index (χ3n) is 5.04. The van der Waals surface area contributed by atoms with E-state index in [-0.39, 0.29) is 17.8 Å². The molecule has 1 unspecified atom stereocenters. The Hall–Kier alpha value is -2.57. The van der Waals surface area contributed by atoms with Gasteiger partial charge in [0.2, 0.25) is 0 Å². The first-order valence-electron chi connectivity index (χ1n) is 10.6. The van der Waals surface area contributed by atoms with Gasteiger partial charge in [-0.3, -0.25) is 14.6 Å². The fourth-order valence-electron chi connectivity index (χ4n) is 3.39. The fraction of sp³-hybridized carbons (Fsp3) is 0.591. The zero-order chi connectivity index (χ0) is 21.1. The van der Waals surface area contributed by atoms with E-state index in [1.54, 1.807) is 7.05 Å². The van der Waals surface area contributed by atoms with E-state index < -0.39 is 0 Å². The molecule has 0 bridgehead atoms. The summed E-state index contributed by atoms with van der Waals surface area (Å²) in [5.41, 5.74) is 1.73. The number of amides is 1. The van der Waals surface area contributed by atoms with Gasteiger partial charge in [0.05, 0.1) is 12.5 Å². The predicted octanol–water partition coefficient (Wildman–Crippen LogP) is 2.57. The van der Waals surface area contributed by atoms with Crippen molar-refractivity contribution in [2.45, 2.75) is 46.1 Å². The van der Waals surface area contributed by atoms with E-state index >= 15 is 0 Å². The van der Waals surface area contributed by atoms with Crippen molar-refractivity contribution in [1.82, 2.24) is 15.5 Å².